The fourth-order valence-corrected chi connectivity index (χ4v) is 1.42. The fourth-order valence-electron chi connectivity index (χ4n) is 1.42. The topological polar surface area (TPSA) is 84.6 Å². The minimum atomic E-state index is 0.377. The van der Waals surface area contributed by atoms with E-state index in [4.69, 9.17) is 9.26 Å². The molecule has 0 aliphatic carbocycles. The minimum absolute atomic E-state index is 0.377. The van der Waals surface area contributed by atoms with Crippen molar-refractivity contribution in [2.75, 3.05) is 26.3 Å². The summed E-state index contributed by atoms with van der Waals surface area (Å²) in [5.41, 5.74) is 0. The molecule has 0 fully saturated rings. The highest BCUT2D eigenvalue weighted by molar-refractivity contribution is 5.79. The molecule has 108 valence electrons. The first-order valence-electron chi connectivity index (χ1n) is 6.65. The van der Waals surface area contributed by atoms with Gasteiger partial charge in [-0.2, -0.15) is 4.98 Å². The largest absolute Gasteiger partial charge is 0.382 e. The molecule has 0 saturated carbocycles. The van der Waals surface area contributed by atoms with Crippen LogP contribution in [0.25, 0.3) is 0 Å². The molecule has 1 aromatic rings. The van der Waals surface area contributed by atoms with Crippen molar-refractivity contribution in [1.82, 2.24) is 20.8 Å². The molecule has 0 aromatic carbocycles. The average Bonchev–Trinajstić information content (AvgIpc) is 2.81. The van der Waals surface area contributed by atoms with Crippen LogP contribution in [-0.4, -0.2) is 42.4 Å². The van der Waals surface area contributed by atoms with Crippen LogP contribution < -0.4 is 10.6 Å². The number of guanidine groups is 1. The van der Waals surface area contributed by atoms with Crippen LogP contribution in [0.2, 0.25) is 0 Å². The molecule has 0 saturated heterocycles. The molecule has 0 atom stereocenters. The van der Waals surface area contributed by atoms with Crippen molar-refractivity contribution < 1.29 is 9.26 Å². The van der Waals surface area contributed by atoms with E-state index in [0.29, 0.717) is 18.3 Å². The number of nitrogens with zero attached hydrogens (tertiary/aromatic N) is 3. The van der Waals surface area contributed by atoms with Crippen LogP contribution in [0.3, 0.4) is 0 Å². The summed E-state index contributed by atoms with van der Waals surface area (Å²) in [6, 6.07) is 0. The summed E-state index contributed by atoms with van der Waals surface area (Å²) in [7, 11) is 0. The van der Waals surface area contributed by atoms with Gasteiger partial charge in [0.15, 0.2) is 11.8 Å². The zero-order chi connectivity index (χ0) is 13.9. The standard InChI is InChI=1S/C12H23N5O2/c1-4-13-12(14-7-6-8-18-5-2)15-9-11-16-10(3)17-19-11/h4-9H2,1-3H3,(H2,13,14,15). The Morgan fingerprint density at radius 2 is 2.21 bits per heavy atom. The smallest absolute Gasteiger partial charge is 0.248 e. The third kappa shape index (κ3) is 6.76. The Hall–Kier alpha value is -1.63. The summed E-state index contributed by atoms with van der Waals surface area (Å²) in [4.78, 5) is 8.48. The second kappa shape index (κ2) is 9.32. The Morgan fingerprint density at radius 1 is 1.37 bits per heavy atom. The third-order valence-corrected chi connectivity index (χ3v) is 2.25. The molecule has 0 aliphatic rings. The zero-order valence-corrected chi connectivity index (χ0v) is 11.9. The van der Waals surface area contributed by atoms with E-state index < -0.39 is 0 Å². The summed E-state index contributed by atoms with van der Waals surface area (Å²) in [6.45, 7) is 9.31. The van der Waals surface area contributed by atoms with Crippen molar-refractivity contribution in [3.05, 3.63) is 11.7 Å². The molecule has 2 N–H and O–H groups in total. The van der Waals surface area contributed by atoms with Gasteiger partial charge < -0.3 is 19.9 Å². The number of nitrogens with one attached hydrogen (secondary N) is 2. The van der Waals surface area contributed by atoms with Crippen LogP contribution >= 0.6 is 0 Å². The van der Waals surface area contributed by atoms with Crippen molar-refractivity contribution in [2.45, 2.75) is 33.7 Å². The van der Waals surface area contributed by atoms with Gasteiger partial charge in [0.05, 0.1) is 0 Å². The van der Waals surface area contributed by atoms with Crippen LogP contribution in [0.15, 0.2) is 9.52 Å². The molecule has 0 unspecified atom stereocenters. The first-order valence-corrected chi connectivity index (χ1v) is 6.65. The third-order valence-electron chi connectivity index (χ3n) is 2.25. The first kappa shape index (κ1) is 15.4. The molecule has 0 amide bonds. The van der Waals surface area contributed by atoms with Crippen molar-refractivity contribution in [1.29, 1.82) is 0 Å². The Bertz CT molecular complexity index is 378. The Morgan fingerprint density at radius 3 is 2.84 bits per heavy atom. The second-order valence-electron chi connectivity index (χ2n) is 3.91. The van der Waals surface area contributed by atoms with E-state index in [1.165, 1.54) is 0 Å². The van der Waals surface area contributed by atoms with Crippen molar-refractivity contribution in [3.63, 3.8) is 0 Å². The molecule has 7 heteroatoms. The second-order valence-corrected chi connectivity index (χ2v) is 3.91. The molecule has 0 radical (unpaired) electrons. The number of hydrogen-bond donors (Lipinski definition) is 2. The molecule has 0 spiro atoms. The SMILES string of the molecule is CCNC(=NCc1nc(C)no1)NCCCOCC. The highest BCUT2D eigenvalue weighted by atomic mass is 16.5. The summed E-state index contributed by atoms with van der Waals surface area (Å²) in [5.74, 6) is 1.89. The Balaban J connectivity index is 2.33. The Kier molecular flexibility index (Phi) is 7.57. The molecule has 7 nitrogen and oxygen atoms in total. The van der Waals surface area contributed by atoms with Gasteiger partial charge in [0.25, 0.3) is 0 Å². The van der Waals surface area contributed by atoms with Gasteiger partial charge in [-0.15, -0.1) is 0 Å². The van der Waals surface area contributed by atoms with Gasteiger partial charge in [-0.05, 0) is 27.2 Å². The predicted octanol–water partition coefficient (Wildman–Crippen LogP) is 0.860. The number of aromatic nitrogens is 2. The van der Waals surface area contributed by atoms with E-state index in [-0.39, 0.29) is 0 Å². The maximum Gasteiger partial charge on any atom is 0.248 e. The van der Waals surface area contributed by atoms with Gasteiger partial charge in [0, 0.05) is 26.3 Å². The van der Waals surface area contributed by atoms with Crippen molar-refractivity contribution >= 4 is 5.96 Å². The lowest BCUT2D eigenvalue weighted by Gasteiger charge is -2.10. The normalized spacial score (nSPS) is 11.6. The van der Waals surface area contributed by atoms with Crippen LogP contribution in [0.4, 0.5) is 0 Å². The van der Waals surface area contributed by atoms with Gasteiger partial charge in [-0.25, -0.2) is 4.99 Å². The van der Waals surface area contributed by atoms with Gasteiger partial charge >= 0.3 is 0 Å². The Labute approximate surface area is 113 Å². The van der Waals surface area contributed by atoms with Gasteiger partial charge in [-0.1, -0.05) is 5.16 Å². The lowest BCUT2D eigenvalue weighted by molar-refractivity contribution is 0.145. The maximum atomic E-state index is 5.27. The molecule has 1 aromatic heterocycles. The molecule has 1 heterocycles. The molecule has 0 bridgehead atoms. The van der Waals surface area contributed by atoms with Gasteiger partial charge in [-0.3, -0.25) is 0 Å². The van der Waals surface area contributed by atoms with Crippen LogP contribution in [0.1, 0.15) is 32.0 Å². The molecular weight excluding hydrogens is 246 g/mol. The maximum absolute atomic E-state index is 5.27. The fraction of sp³-hybridized carbons (Fsp3) is 0.750. The summed E-state index contributed by atoms with van der Waals surface area (Å²) in [6.07, 6.45) is 0.942. The highest BCUT2D eigenvalue weighted by Gasteiger charge is 2.02. The number of aliphatic imine (C=N–C) groups is 1. The summed E-state index contributed by atoms with van der Waals surface area (Å²) < 4.78 is 10.3. The van der Waals surface area contributed by atoms with Crippen LogP contribution in [-0.2, 0) is 11.3 Å². The van der Waals surface area contributed by atoms with E-state index in [1.807, 2.05) is 13.8 Å². The van der Waals surface area contributed by atoms with E-state index in [9.17, 15) is 0 Å². The van der Waals surface area contributed by atoms with Crippen LogP contribution in [0.5, 0.6) is 0 Å². The number of ether oxygens (including phenoxy) is 1. The van der Waals surface area contributed by atoms with Crippen molar-refractivity contribution in [2.24, 2.45) is 4.99 Å². The zero-order valence-electron chi connectivity index (χ0n) is 11.9. The van der Waals surface area contributed by atoms with E-state index >= 15 is 0 Å². The predicted molar refractivity (Wildman–Crippen MR) is 73.0 cm³/mol. The van der Waals surface area contributed by atoms with Gasteiger partial charge in [0.1, 0.15) is 6.54 Å². The lowest BCUT2D eigenvalue weighted by Crippen LogP contribution is -2.38. The quantitative estimate of drug-likeness (QED) is 0.414. The number of rotatable bonds is 8. The first-order chi connectivity index (χ1) is 9.26. The van der Waals surface area contributed by atoms with E-state index in [0.717, 1.165) is 38.7 Å². The van der Waals surface area contributed by atoms with E-state index in [2.05, 4.69) is 25.8 Å². The van der Waals surface area contributed by atoms with E-state index in [1.54, 1.807) is 6.92 Å². The average molecular weight is 269 g/mol. The van der Waals surface area contributed by atoms with Crippen molar-refractivity contribution in [3.8, 4) is 0 Å². The number of hydrogen-bond acceptors (Lipinski definition) is 5. The monoisotopic (exact) mass is 269 g/mol. The molecule has 0 aliphatic heterocycles. The minimum Gasteiger partial charge on any atom is -0.382 e. The highest BCUT2D eigenvalue weighted by Crippen LogP contribution is 1.97. The van der Waals surface area contributed by atoms with Crippen LogP contribution in [0, 0.1) is 6.92 Å². The van der Waals surface area contributed by atoms with Gasteiger partial charge in [0.2, 0.25) is 5.89 Å². The number of aryl methyl sites for hydroxylation is 1. The summed E-state index contributed by atoms with van der Waals surface area (Å²) in [5, 5.41) is 10.1. The summed E-state index contributed by atoms with van der Waals surface area (Å²) >= 11 is 0. The molecule has 1 rings (SSSR count). The molecule has 19 heavy (non-hydrogen) atoms. The molecular formula is C12H23N5O2. The lowest BCUT2D eigenvalue weighted by atomic mass is 10.4.